The summed E-state index contributed by atoms with van der Waals surface area (Å²) in [6.45, 7) is 0. The third-order valence-corrected chi connectivity index (χ3v) is 9.82. The highest BCUT2D eigenvalue weighted by Gasteiger charge is 2.14. The lowest BCUT2D eigenvalue weighted by atomic mass is 9.91. The Labute approximate surface area is 314 Å². The maximum absolute atomic E-state index is 9.29. The fraction of sp³-hybridized carbons (Fsp3) is 0. The van der Waals surface area contributed by atoms with E-state index in [-0.39, 0.29) is 0 Å². The van der Waals surface area contributed by atoms with Gasteiger partial charge in [0.25, 0.3) is 0 Å². The zero-order valence-electron chi connectivity index (χ0n) is 29.3. The van der Waals surface area contributed by atoms with Gasteiger partial charge in [-0.3, -0.25) is 0 Å². The number of benzene rings is 8. The van der Waals surface area contributed by atoms with Crippen LogP contribution in [-0.2, 0) is 0 Å². The second-order valence-electron chi connectivity index (χ2n) is 13.2. The minimum Gasteiger partial charge on any atom is -0.208 e. The SMILES string of the molecule is N#Cc1cccc(-c2ccc(-c3ccc(-c4ccc(-c5ccc(-c6nc(-c7ccccc7)nc(-c7ccccc7)n6)cc5)c5ccccc45)cc3)cc2)c1. The first-order valence-electron chi connectivity index (χ1n) is 17.9. The van der Waals surface area contributed by atoms with Crippen LogP contribution in [0.4, 0.5) is 0 Å². The van der Waals surface area contributed by atoms with Gasteiger partial charge in [-0.15, -0.1) is 0 Å². The van der Waals surface area contributed by atoms with Gasteiger partial charge in [0.2, 0.25) is 0 Å². The Morgan fingerprint density at radius 1 is 0.296 bits per heavy atom. The molecule has 0 N–H and O–H groups in total. The fourth-order valence-corrected chi connectivity index (χ4v) is 7.00. The normalized spacial score (nSPS) is 10.9. The maximum Gasteiger partial charge on any atom is 0.164 e. The summed E-state index contributed by atoms with van der Waals surface area (Å²) in [6, 6.07) is 69.0. The van der Waals surface area contributed by atoms with Crippen molar-refractivity contribution in [1.82, 2.24) is 15.0 Å². The lowest BCUT2D eigenvalue weighted by Crippen LogP contribution is -2.00. The molecule has 0 atom stereocenters. The number of nitrogens with zero attached hydrogens (tertiary/aromatic N) is 4. The first-order chi connectivity index (χ1) is 26.7. The van der Waals surface area contributed by atoms with Crippen molar-refractivity contribution in [3.63, 3.8) is 0 Å². The third kappa shape index (κ3) is 6.43. The highest BCUT2D eigenvalue weighted by atomic mass is 15.0. The molecule has 9 rings (SSSR count). The molecule has 0 fully saturated rings. The molecule has 0 bridgehead atoms. The van der Waals surface area contributed by atoms with E-state index in [1.165, 1.54) is 27.5 Å². The molecular weight excluding hydrogens is 657 g/mol. The third-order valence-electron chi connectivity index (χ3n) is 9.82. The number of aromatic nitrogens is 3. The highest BCUT2D eigenvalue weighted by Crippen LogP contribution is 2.37. The van der Waals surface area contributed by atoms with Gasteiger partial charge < -0.3 is 0 Å². The molecule has 0 aliphatic carbocycles. The van der Waals surface area contributed by atoms with E-state index >= 15 is 0 Å². The molecule has 1 heterocycles. The molecule has 0 saturated carbocycles. The number of hydrogen-bond acceptors (Lipinski definition) is 4. The molecule has 4 heteroatoms. The zero-order chi connectivity index (χ0) is 36.3. The van der Waals surface area contributed by atoms with Gasteiger partial charge in [0.1, 0.15) is 0 Å². The maximum atomic E-state index is 9.29. The number of hydrogen-bond donors (Lipinski definition) is 0. The Morgan fingerprint density at radius 2 is 0.648 bits per heavy atom. The summed E-state index contributed by atoms with van der Waals surface area (Å²) in [6.07, 6.45) is 0. The average molecular weight is 689 g/mol. The van der Waals surface area contributed by atoms with Crippen LogP contribution in [0.1, 0.15) is 5.56 Å². The van der Waals surface area contributed by atoms with Crippen LogP contribution in [0.2, 0.25) is 0 Å². The van der Waals surface area contributed by atoms with Crippen LogP contribution in [-0.4, -0.2) is 15.0 Å². The molecule has 9 aromatic rings. The minimum absolute atomic E-state index is 0.638. The lowest BCUT2D eigenvalue weighted by Gasteiger charge is -2.13. The van der Waals surface area contributed by atoms with E-state index in [9.17, 15) is 5.26 Å². The van der Waals surface area contributed by atoms with E-state index in [0.29, 0.717) is 23.0 Å². The van der Waals surface area contributed by atoms with Crippen LogP contribution in [0, 0.1) is 11.3 Å². The summed E-state index contributed by atoms with van der Waals surface area (Å²) in [5.41, 5.74) is 12.6. The quantitative estimate of drug-likeness (QED) is 0.167. The lowest BCUT2D eigenvalue weighted by molar-refractivity contribution is 1.07. The Balaban J connectivity index is 1.01. The number of nitriles is 1. The molecule has 0 saturated heterocycles. The molecule has 0 unspecified atom stereocenters. The van der Waals surface area contributed by atoms with Crippen LogP contribution in [0.5, 0.6) is 0 Å². The largest absolute Gasteiger partial charge is 0.208 e. The Morgan fingerprint density at radius 3 is 1.09 bits per heavy atom. The van der Waals surface area contributed by atoms with Crippen molar-refractivity contribution < 1.29 is 0 Å². The van der Waals surface area contributed by atoms with Gasteiger partial charge in [0.05, 0.1) is 11.6 Å². The summed E-state index contributed by atoms with van der Waals surface area (Å²) in [7, 11) is 0. The molecule has 252 valence electrons. The Hall–Kier alpha value is -7.48. The highest BCUT2D eigenvalue weighted by molar-refractivity contribution is 6.05. The summed E-state index contributed by atoms with van der Waals surface area (Å²) in [5.74, 6) is 1.93. The smallest absolute Gasteiger partial charge is 0.164 e. The van der Waals surface area contributed by atoms with Gasteiger partial charge in [0.15, 0.2) is 17.5 Å². The second kappa shape index (κ2) is 14.3. The van der Waals surface area contributed by atoms with Crippen molar-refractivity contribution in [3.05, 3.63) is 200 Å². The summed E-state index contributed by atoms with van der Waals surface area (Å²) < 4.78 is 0. The van der Waals surface area contributed by atoms with E-state index in [2.05, 4.69) is 115 Å². The van der Waals surface area contributed by atoms with Crippen molar-refractivity contribution in [2.75, 3.05) is 0 Å². The van der Waals surface area contributed by atoms with E-state index in [1.54, 1.807) is 0 Å². The molecule has 0 radical (unpaired) electrons. The molecule has 0 aliphatic heterocycles. The molecule has 0 aliphatic rings. The number of fused-ring (bicyclic) bond motifs is 1. The van der Waals surface area contributed by atoms with Gasteiger partial charge in [-0.25, -0.2) is 15.0 Å². The fourth-order valence-electron chi connectivity index (χ4n) is 7.00. The molecule has 0 spiro atoms. The first-order valence-corrected chi connectivity index (χ1v) is 17.9. The van der Waals surface area contributed by atoms with E-state index in [4.69, 9.17) is 15.0 Å². The molecule has 8 aromatic carbocycles. The van der Waals surface area contributed by atoms with Crippen LogP contribution in [0.3, 0.4) is 0 Å². The van der Waals surface area contributed by atoms with Crippen molar-refractivity contribution in [2.45, 2.75) is 0 Å². The van der Waals surface area contributed by atoms with Crippen LogP contribution in [0.15, 0.2) is 194 Å². The average Bonchev–Trinajstić information content (AvgIpc) is 3.27. The van der Waals surface area contributed by atoms with Crippen molar-refractivity contribution in [1.29, 1.82) is 5.26 Å². The van der Waals surface area contributed by atoms with Crippen molar-refractivity contribution >= 4 is 10.8 Å². The molecule has 4 nitrogen and oxygen atoms in total. The predicted molar refractivity (Wildman–Crippen MR) is 220 cm³/mol. The topological polar surface area (TPSA) is 62.5 Å². The minimum atomic E-state index is 0.638. The van der Waals surface area contributed by atoms with Crippen molar-refractivity contribution in [2.24, 2.45) is 0 Å². The molecule has 0 amide bonds. The zero-order valence-corrected chi connectivity index (χ0v) is 29.3. The van der Waals surface area contributed by atoms with Crippen LogP contribution >= 0.6 is 0 Å². The standard InChI is InChI=1S/C50H32N4/c51-33-34-10-9-15-43(32-34)37-20-18-35(19-21-37)36-22-24-38(25-23-36)44-30-31-45(47-17-8-7-16-46(44)47)39-26-28-42(29-27-39)50-53-48(40-11-3-1-4-12-40)52-49(54-50)41-13-5-2-6-14-41/h1-32H. The molecule has 1 aromatic heterocycles. The van der Waals surface area contributed by atoms with Crippen LogP contribution < -0.4 is 0 Å². The summed E-state index contributed by atoms with van der Waals surface area (Å²) in [5, 5.41) is 11.7. The van der Waals surface area contributed by atoms with E-state index in [1.807, 2.05) is 84.9 Å². The van der Waals surface area contributed by atoms with Crippen molar-refractivity contribution in [3.8, 4) is 84.7 Å². The van der Waals surface area contributed by atoms with Crippen LogP contribution in [0.25, 0.3) is 89.4 Å². The monoisotopic (exact) mass is 688 g/mol. The van der Waals surface area contributed by atoms with Gasteiger partial charge in [-0.05, 0) is 67.4 Å². The van der Waals surface area contributed by atoms with Gasteiger partial charge in [0, 0.05) is 16.7 Å². The second-order valence-corrected chi connectivity index (χ2v) is 13.2. The predicted octanol–water partition coefficient (Wildman–Crippen LogP) is 12.6. The van der Waals surface area contributed by atoms with Gasteiger partial charge in [-0.2, -0.15) is 5.26 Å². The van der Waals surface area contributed by atoms with Gasteiger partial charge >= 0.3 is 0 Å². The summed E-state index contributed by atoms with van der Waals surface area (Å²) in [4.78, 5) is 14.7. The Kier molecular flexibility index (Phi) is 8.57. The Bertz CT molecular complexity index is 2730. The van der Waals surface area contributed by atoms with E-state index < -0.39 is 0 Å². The molecule has 54 heavy (non-hydrogen) atoms. The number of rotatable bonds is 7. The van der Waals surface area contributed by atoms with Gasteiger partial charge in [-0.1, -0.05) is 182 Å². The molecular formula is C50H32N4. The summed E-state index contributed by atoms with van der Waals surface area (Å²) >= 11 is 0. The first kappa shape index (κ1) is 32.4. The van der Waals surface area contributed by atoms with E-state index in [0.717, 1.165) is 44.5 Å².